The Bertz CT molecular complexity index is 510. The van der Waals surface area contributed by atoms with Gasteiger partial charge in [0, 0.05) is 25.4 Å². The van der Waals surface area contributed by atoms with Gasteiger partial charge in [0.05, 0.1) is 11.7 Å². The summed E-state index contributed by atoms with van der Waals surface area (Å²) in [5.41, 5.74) is -0.597. The van der Waals surface area contributed by atoms with Gasteiger partial charge in [-0.05, 0) is 27.7 Å². The summed E-state index contributed by atoms with van der Waals surface area (Å²) in [7, 11) is -1.59. The summed E-state index contributed by atoms with van der Waals surface area (Å²) in [5, 5.41) is 2.67. The smallest absolute Gasteiger partial charge is 0.410 e. The molecule has 0 aromatic heterocycles. The molecule has 23 heavy (non-hydrogen) atoms. The van der Waals surface area contributed by atoms with Crippen molar-refractivity contribution >= 4 is 21.8 Å². The van der Waals surface area contributed by atoms with Gasteiger partial charge in [0.25, 0.3) is 0 Å². The number of carbonyl (C=O) groups excluding carboxylic acids is 2. The average Bonchev–Trinajstić information content (AvgIpc) is 2.35. The van der Waals surface area contributed by atoms with Gasteiger partial charge in [-0.25, -0.2) is 13.2 Å². The van der Waals surface area contributed by atoms with Gasteiger partial charge in [0.1, 0.15) is 5.60 Å². The molecule has 2 atom stereocenters. The maximum atomic E-state index is 12.1. The number of carbonyl (C=O) groups is 2. The highest BCUT2D eigenvalue weighted by Crippen LogP contribution is 2.10. The third-order valence-corrected chi connectivity index (χ3v) is 4.92. The first-order valence-electron chi connectivity index (χ1n) is 7.72. The van der Waals surface area contributed by atoms with Gasteiger partial charge in [-0.15, -0.1) is 0 Å². The molecule has 7 nitrogen and oxygen atoms in total. The molecule has 0 aromatic carbocycles. The Morgan fingerprint density at radius 3 is 2.17 bits per heavy atom. The van der Waals surface area contributed by atoms with Gasteiger partial charge in [0.2, 0.25) is 5.91 Å². The van der Waals surface area contributed by atoms with Crippen molar-refractivity contribution in [3.05, 3.63) is 0 Å². The van der Waals surface area contributed by atoms with E-state index in [1.54, 1.807) is 48.6 Å². The summed E-state index contributed by atoms with van der Waals surface area (Å²) in [4.78, 5) is 25.3. The van der Waals surface area contributed by atoms with Gasteiger partial charge < -0.3 is 15.0 Å². The van der Waals surface area contributed by atoms with Crippen LogP contribution in [0.3, 0.4) is 0 Å². The largest absolute Gasteiger partial charge is 0.444 e. The van der Waals surface area contributed by atoms with Crippen LogP contribution in [0, 0.1) is 5.92 Å². The van der Waals surface area contributed by atoms with Gasteiger partial charge >= 0.3 is 6.09 Å². The molecule has 1 N–H and O–H groups in total. The number of sulfone groups is 1. The zero-order valence-corrected chi connectivity index (χ0v) is 16.0. The van der Waals surface area contributed by atoms with E-state index in [4.69, 9.17) is 4.74 Å². The topological polar surface area (TPSA) is 92.8 Å². The second-order valence-electron chi connectivity index (χ2n) is 6.87. The fourth-order valence-corrected chi connectivity index (χ4v) is 2.91. The second-order valence-corrected chi connectivity index (χ2v) is 9.27. The summed E-state index contributed by atoms with van der Waals surface area (Å²) in [6.45, 7) is 10.4. The highest BCUT2D eigenvalue weighted by atomic mass is 32.2. The lowest BCUT2D eigenvalue weighted by atomic mass is 10.1. The predicted octanol–water partition coefficient (Wildman–Crippen LogP) is 1.43. The summed E-state index contributed by atoms with van der Waals surface area (Å²) in [6.07, 6.45) is -0.501. The van der Waals surface area contributed by atoms with E-state index in [0.717, 1.165) is 0 Å². The molecule has 0 rings (SSSR count). The number of hydrogen-bond donors (Lipinski definition) is 1. The van der Waals surface area contributed by atoms with E-state index in [1.807, 2.05) is 0 Å². The second kappa shape index (κ2) is 8.52. The van der Waals surface area contributed by atoms with Crippen LogP contribution in [0.1, 0.15) is 41.5 Å². The molecule has 0 aliphatic carbocycles. The molecule has 8 heteroatoms. The van der Waals surface area contributed by atoms with Crippen LogP contribution in [0.25, 0.3) is 0 Å². The van der Waals surface area contributed by atoms with Crippen molar-refractivity contribution in [2.45, 2.75) is 53.2 Å². The molecule has 0 unspecified atom stereocenters. The van der Waals surface area contributed by atoms with Crippen molar-refractivity contribution in [3.63, 3.8) is 0 Å². The summed E-state index contributed by atoms with van der Waals surface area (Å²) in [6, 6.07) is -0.471. The first-order chi connectivity index (χ1) is 10.3. The Morgan fingerprint density at radius 1 is 1.22 bits per heavy atom. The van der Waals surface area contributed by atoms with Gasteiger partial charge in [-0.1, -0.05) is 13.8 Å². The van der Waals surface area contributed by atoms with Crippen molar-refractivity contribution in [1.29, 1.82) is 0 Å². The first kappa shape index (κ1) is 21.7. The fraction of sp³-hybridized carbons (Fsp3) is 0.867. The minimum atomic E-state index is -3.15. The number of ether oxygens (including phenoxy) is 1. The number of amides is 2. The van der Waals surface area contributed by atoms with Crippen molar-refractivity contribution in [2.24, 2.45) is 5.92 Å². The normalized spacial score (nSPS) is 14.7. The maximum absolute atomic E-state index is 12.1. The van der Waals surface area contributed by atoms with Crippen LogP contribution in [0.4, 0.5) is 4.79 Å². The lowest BCUT2D eigenvalue weighted by Gasteiger charge is -2.26. The molecular weight excluding hydrogens is 320 g/mol. The summed E-state index contributed by atoms with van der Waals surface area (Å²) < 4.78 is 28.3. The van der Waals surface area contributed by atoms with Crippen molar-refractivity contribution in [3.8, 4) is 0 Å². The molecule has 2 amide bonds. The molecule has 0 saturated heterocycles. The van der Waals surface area contributed by atoms with Crippen LogP contribution in [0.2, 0.25) is 0 Å². The first-order valence-corrected chi connectivity index (χ1v) is 9.54. The van der Waals surface area contributed by atoms with Crippen molar-refractivity contribution in [1.82, 2.24) is 10.2 Å². The monoisotopic (exact) mass is 350 g/mol. The Balaban J connectivity index is 4.48. The highest BCUT2D eigenvalue weighted by Gasteiger charge is 2.24. The fourth-order valence-electron chi connectivity index (χ4n) is 1.83. The van der Waals surface area contributed by atoms with Crippen molar-refractivity contribution < 1.29 is 22.7 Å². The molecule has 0 radical (unpaired) electrons. The molecular formula is C15H30N2O5S. The van der Waals surface area contributed by atoms with Crippen LogP contribution in [-0.4, -0.2) is 62.1 Å². The Kier molecular flexibility index (Phi) is 8.03. The third-order valence-electron chi connectivity index (χ3n) is 3.03. The van der Waals surface area contributed by atoms with E-state index in [-0.39, 0.29) is 24.0 Å². The van der Waals surface area contributed by atoms with Gasteiger partial charge in [0.15, 0.2) is 9.84 Å². The van der Waals surface area contributed by atoms with Crippen LogP contribution in [-0.2, 0) is 19.4 Å². The van der Waals surface area contributed by atoms with E-state index in [1.165, 1.54) is 4.90 Å². The van der Waals surface area contributed by atoms with E-state index >= 15 is 0 Å². The van der Waals surface area contributed by atoms with E-state index < -0.39 is 33.5 Å². The molecule has 0 heterocycles. The number of rotatable bonds is 7. The summed E-state index contributed by atoms with van der Waals surface area (Å²) >= 11 is 0. The van der Waals surface area contributed by atoms with E-state index in [9.17, 15) is 18.0 Å². The Morgan fingerprint density at radius 2 is 1.74 bits per heavy atom. The molecule has 0 fully saturated rings. The zero-order valence-electron chi connectivity index (χ0n) is 15.2. The van der Waals surface area contributed by atoms with Gasteiger partial charge in [-0.3, -0.25) is 4.79 Å². The number of hydrogen-bond acceptors (Lipinski definition) is 5. The zero-order chi connectivity index (χ0) is 18.4. The minimum absolute atomic E-state index is 0.0458. The maximum Gasteiger partial charge on any atom is 0.410 e. The third kappa shape index (κ3) is 9.43. The Hall–Kier alpha value is -1.31. The van der Waals surface area contributed by atoms with E-state index in [2.05, 4.69) is 5.32 Å². The van der Waals surface area contributed by atoms with Gasteiger partial charge in [-0.2, -0.15) is 0 Å². The number of nitrogens with one attached hydrogen (secondary N) is 1. The Labute approximate surface area is 139 Å². The molecule has 0 aliphatic heterocycles. The predicted molar refractivity (Wildman–Crippen MR) is 90.0 cm³/mol. The molecule has 0 bridgehead atoms. The van der Waals surface area contributed by atoms with Crippen molar-refractivity contribution in [2.75, 3.05) is 25.1 Å². The van der Waals surface area contributed by atoms with Crippen LogP contribution in [0.5, 0.6) is 0 Å². The minimum Gasteiger partial charge on any atom is -0.444 e. The summed E-state index contributed by atoms with van der Waals surface area (Å²) in [5.74, 6) is -0.813. The van der Waals surface area contributed by atoms with Crippen LogP contribution in [0.15, 0.2) is 0 Å². The molecule has 0 aliphatic rings. The quantitative estimate of drug-likeness (QED) is 0.750. The molecule has 0 saturated carbocycles. The SMILES string of the molecule is CCS(=O)(=O)C[C@H](C)NC(=O)[C@H](C)CN(C)C(=O)OC(C)(C)C. The molecule has 0 aromatic rings. The van der Waals surface area contributed by atoms with Crippen LogP contribution >= 0.6 is 0 Å². The molecule has 0 spiro atoms. The lowest BCUT2D eigenvalue weighted by molar-refractivity contribution is -0.125. The average molecular weight is 350 g/mol. The molecule has 136 valence electrons. The highest BCUT2D eigenvalue weighted by molar-refractivity contribution is 7.91. The lowest BCUT2D eigenvalue weighted by Crippen LogP contribution is -2.44. The van der Waals surface area contributed by atoms with E-state index in [0.29, 0.717) is 0 Å². The van der Waals surface area contributed by atoms with Crippen LogP contribution < -0.4 is 5.32 Å². The number of nitrogens with zero attached hydrogens (tertiary/aromatic N) is 1. The standard InChI is InChI=1S/C15H30N2O5S/c1-8-23(20,21)10-12(3)16-13(18)11(2)9-17(7)14(19)22-15(4,5)6/h11-12H,8-10H2,1-7H3,(H,16,18)/t11-,12+/m1/s1.